The Hall–Kier alpha value is -5.37. The summed E-state index contributed by atoms with van der Waals surface area (Å²) in [6, 6.07) is 26.3. The van der Waals surface area contributed by atoms with Gasteiger partial charge in [0.15, 0.2) is 11.6 Å². The molecule has 0 unspecified atom stereocenters. The highest BCUT2D eigenvalue weighted by atomic mass is 16.6. The van der Waals surface area contributed by atoms with Crippen LogP contribution in [0.2, 0.25) is 0 Å². The molecule has 4 atom stereocenters. The molecule has 0 aliphatic carbocycles. The molecule has 1 spiro atoms. The minimum atomic E-state index is -1.43. The molecule has 1 saturated heterocycles. The number of fused-ring (bicyclic) bond motifs is 6. The number of rotatable bonds is 7. The Morgan fingerprint density at radius 1 is 0.891 bits per heavy atom. The van der Waals surface area contributed by atoms with Crippen LogP contribution in [0.15, 0.2) is 103 Å². The van der Waals surface area contributed by atoms with Gasteiger partial charge in [-0.2, -0.15) is 0 Å². The summed E-state index contributed by atoms with van der Waals surface area (Å²) in [6.45, 7) is 6.25. The normalized spacial score (nSPS) is 22.6. The number of nitrogens with one attached hydrogen (secondary N) is 1. The molecule has 3 aliphatic heterocycles. The van der Waals surface area contributed by atoms with Crippen molar-refractivity contribution >= 4 is 40.1 Å². The van der Waals surface area contributed by atoms with Crippen molar-refractivity contribution in [1.29, 1.82) is 0 Å². The molecule has 1 fully saturated rings. The molecule has 46 heavy (non-hydrogen) atoms. The first kappa shape index (κ1) is 29.3. The third-order valence-electron chi connectivity index (χ3n) is 9.68. The van der Waals surface area contributed by atoms with Gasteiger partial charge >= 0.3 is 0 Å². The molecule has 0 radical (unpaired) electrons. The van der Waals surface area contributed by atoms with Crippen LogP contribution >= 0.6 is 0 Å². The fourth-order valence-corrected chi connectivity index (χ4v) is 7.76. The van der Waals surface area contributed by atoms with Crippen molar-refractivity contribution in [2.24, 2.45) is 11.8 Å². The Morgan fingerprint density at radius 3 is 2.22 bits per heavy atom. The quantitative estimate of drug-likeness (QED) is 0.136. The van der Waals surface area contributed by atoms with Gasteiger partial charge in [0.05, 0.1) is 16.9 Å². The fourth-order valence-electron chi connectivity index (χ4n) is 7.76. The van der Waals surface area contributed by atoms with E-state index in [0.717, 1.165) is 28.8 Å². The van der Waals surface area contributed by atoms with Crippen molar-refractivity contribution in [3.05, 3.63) is 141 Å². The summed E-state index contributed by atoms with van der Waals surface area (Å²) in [7, 11) is 0. The Balaban J connectivity index is 1.48. The lowest BCUT2D eigenvalue weighted by Gasteiger charge is -2.39. The van der Waals surface area contributed by atoms with E-state index in [1.54, 1.807) is 12.1 Å². The number of anilines is 2. The first-order valence-corrected chi connectivity index (χ1v) is 15.5. The highest BCUT2D eigenvalue weighted by molar-refractivity contribution is 6.18. The SMILES string of the molecule is CC1=C[C@H]2N(c3ccccc31)[C@@H](C(=O)c1ccc([N+](=O)[O-])cc1)[C@@H](C(=O)c1ccc(CC(C)C)cc1)[C@@]21C(=O)Nc2ccccc21. The minimum Gasteiger partial charge on any atom is -0.352 e. The predicted molar refractivity (Wildman–Crippen MR) is 177 cm³/mol. The van der Waals surface area contributed by atoms with Crippen molar-refractivity contribution < 1.29 is 19.3 Å². The van der Waals surface area contributed by atoms with Gasteiger partial charge in [-0.1, -0.05) is 80.6 Å². The van der Waals surface area contributed by atoms with E-state index >= 15 is 4.79 Å². The lowest BCUT2D eigenvalue weighted by molar-refractivity contribution is -0.384. The Labute approximate surface area is 266 Å². The van der Waals surface area contributed by atoms with E-state index in [2.05, 4.69) is 19.2 Å². The number of hydrogen-bond acceptors (Lipinski definition) is 6. The number of allylic oxidation sites excluding steroid dienone is 1. The maximum absolute atomic E-state index is 15.1. The summed E-state index contributed by atoms with van der Waals surface area (Å²) in [5, 5.41) is 14.5. The second-order valence-corrected chi connectivity index (χ2v) is 12.8. The molecule has 4 aromatic rings. The standard InChI is InChI=1S/C38H33N3O5/c1-22(2)20-24-12-14-25(15-13-24)35(42)33-34(36(43)26-16-18-27(19-17-26)41(45)46)40-31-11-7-4-8-28(31)23(3)21-32(40)38(33)29-9-5-6-10-30(29)39-37(38)44/h4-19,21-22,32-34H,20H2,1-3H3,(H,39,44)/t32-,33+,34-,38+/m1/s1. The lowest BCUT2D eigenvalue weighted by atomic mass is 9.64. The van der Waals surface area contributed by atoms with E-state index in [-0.39, 0.29) is 28.7 Å². The highest BCUT2D eigenvalue weighted by Crippen LogP contribution is 2.58. The number of benzene rings is 4. The number of nitro groups is 1. The number of nitro benzene ring substituents is 1. The molecule has 0 aromatic heterocycles. The number of para-hydroxylation sites is 2. The Kier molecular flexibility index (Phi) is 6.96. The lowest BCUT2D eigenvalue weighted by Crippen LogP contribution is -2.51. The number of amides is 1. The number of carbonyl (C=O) groups excluding carboxylic acids is 3. The summed E-state index contributed by atoms with van der Waals surface area (Å²) in [5.41, 5.74) is 4.08. The molecule has 1 N–H and O–H groups in total. The zero-order valence-electron chi connectivity index (χ0n) is 25.8. The van der Waals surface area contributed by atoms with E-state index in [9.17, 15) is 19.7 Å². The van der Waals surface area contributed by atoms with Crippen LogP contribution in [0.1, 0.15) is 58.2 Å². The van der Waals surface area contributed by atoms with Crippen molar-refractivity contribution in [2.75, 3.05) is 10.2 Å². The van der Waals surface area contributed by atoms with E-state index in [0.29, 0.717) is 22.7 Å². The average molecular weight is 612 g/mol. The van der Waals surface area contributed by atoms with Crippen LogP contribution in [0.3, 0.4) is 0 Å². The van der Waals surface area contributed by atoms with Gasteiger partial charge in [0.2, 0.25) is 5.91 Å². The van der Waals surface area contributed by atoms with Gasteiger partial charge in [-0.25, -0.2) is 0 Å². The maximum Gasteiger partial charge on any atom is 0.269 e. The van der Waals surface area contributed by atoms with Crippen LogP contribution in [-0.4, -0.2) is 34.5 Å². The van der Waals surface area contributed by atoms with E-state index in [1.807, 2.05) is 78.6 Å². The smallest absolute Gasteiger partial charge is 0.269 e. The molecule has 3 heterocycles. The Bertz CT molecular complexity index is 1950. The summed E-state index contributed by atoms with van der Waals surface area (Å²) >= 11 is 0. The predicted octanol–water partition coefficient (Wildman–Crippen LogP) is 7.04. The van der Waals surface area contributed by atoms with Gasteiger partial charge in [-0.05, 0) is 60.2 Å². The van der Waals surface area contributed by atoms with Crippen molar-refractivity contribution in [2.45, 2.75) is 44.7 Å². The molecule has 1 amide bonds. The van der Waals surface area contributed by atoms with Crippen LogP contribution in [0.5, 0.6) is 0 Å². The number of non-ortho nitro benzene ring substituents is 1. The summed E-state index contributed by atoms with van der Waals surface area (Å²) in [4.78, 5) is 57.3. The largest absolute Gasteiger partial charge is 0.352 e. The second-order valence-electron chi connectivity index (χ2n) is 12.8. The zero-order valence-corrected chi connectivity index (χ0v) is 25.8. The van der Waals surface area contributed by atoms with Gasteiger partial charge in [-0.3, -0.25) is 24.5 Å². The van der Waals surface area contributed by atoms with E-state index < -0.39 is 28.3 Å². The minimum absolute atomic E-state index is 0.141. The van der Waals surface area contributed by atoms with Gasteiger partial charge in [0, 0.05) is 40.2 Å². The first-order valence-electron chi connectivity index (χ1n) is 15.5. The first-order chi connectivity index (χ1) is 22.1. The van der Waals surface area contributed by atoms with Crippen LogP contribution in [0, 0.1) is 22.0 Å². The topological polar surface area (TPSA) is 110 Å². The molecule has 3 aliphatic rings. The van der Waals surface area contributed by atoms with Crippen molar-refractivity contribution in [1.82, 2.24) is 0 Å². The molecular weight excluding hydrogens is 578 g/mol. The molecule has 0 bridgehead atoms. The molecule has 4 aromatic carbocycles. The number of Topliss-reactive ketones (excluding diaryl/α,β-unsaturated/α-hetero) is 2. The monoisotopic (exact) mass is 611 g/mol. The number of ketones is 2. The average Bonchev–Trinajstić information content (AvgIpc) is 3.52. The highest BCUT2D eigenvalue weighted by Gasteiger charge is 2.70. The molecule has 0 saturated carbocycles. The number of nitrogens with zero attached hydrogens (tertiary/aromatic N) is 2. The van der Waals surface area contributed by atoms with Crippen molar-refractivity contribution in [3.8, 4) is 0 Å². The van der Waals surface area contributed by atoms with Crippen LogP contribution in [0.25, 0.3) is 5.57 Å². The maximum atomic E-state index is 15.1. The van der Waals surface area contributed by atoms with Crippen LogP contribution < -0.4 is 10.2 Å². The van der Waals surface area contributed by atoms with E-state index in [4.69, 9.17) is 0 Å². The van der Waals surface area contributed by atoms with Gasteiger partial charge in [0.25, 0.3) is 5.69 Å². The van der Waals surface area contributed by atoms with Gasteiger partial charge < -0.3 is 10.2 Å². The van der Waals surface area contributed by atoms with Crippen LogP contribution in [-0.2, 0) is 16.6 Å². The molecule has 7 rings (SSSR count). The van der Waals surface area contributed by atoms with Crippen LogP contribution in [0.4, 0.5) is 17.1 Å². The summed E-state index contributed by atoms with van der Waals surface area (Å²) < 4.78 is 0. The van der Waals surface area contributed by atoms with Crippen molar-refractivity contribution in [3.63, 3.8) is 0 Å². The fraction of sp³-hybridized carbons (Fsp3) is 0.237. The Morgan fingerprint density at radius 2 is 1.52 bits per heavy atom. The molecule has 230 valence electrons. The van der Waals surface area contributed by atoms with Gasteiger partial charge in [0.1, 0.15) is 11.5 Å². The third kappa shape index (κ3) is 4.31. The van der Waals surface area contributed by atoms with E-state index in [1.165, 1.54) is 24.3 Å². The second kappa shape index (κ2) is 10.9. The number of carbonyl (C=O) groups is 3. The zero-order chi connectivity index (χ0) is 32.3. The summed E-state index contributed by atoms with van der Waals surface area (Å²) in [5.74, 6) is -1.70. The summed E-state index contributed by atoms with van der Waals surface area (Å²) in [6.07, 6.45) is 2.87. The third-order valence-corrected chi connectivity index (χ3v) is 9.68. The molecular formula is C38H33N3O5. The van der Waals surface area contributed by atoms with Gasteiger partial charge in [-0.15, -0.1) is 0 Å². The number of hydrogen-bond donors (Lipinski definition) is 1. The molecule has 8 nitrogen and oxygen atoms in total. The molecule has 8 heteroatoms.